The number of hydrogen-bond acceptors (Lipinski definition) is 2. The topological polar surface area (TPSA) is 55.1 Å². The zero-order chi connectivity index (χ0) is 12.2. The van der Waals surface area contributed by atoms with E-state index in [4.69, 9.17) is 18.0 Å². The largest absolute Gasteiger partial charge is 0.392 e. The molecule has 1 amide bonds. The predicted octanol–water partition coefficient (Wildman–Crippen LogP) is 2.00. The van der Waals surface area contributed by atoms with E-state index in [0.29, 0.717) is 17.5 Å². The number of nitrogens with two attached hydrogens (primary N) is 1. The van der Waals surface area contributed by atoms with Crippen LogP contribution in [0.4, 0.5) is 0 Å². The van der Waals surface area contributed by atoms with Crippen LogP contribution < -0.4 is 11.1 Å². The molecule has 16 heavy (non-hydrogen) atoms. The Morgan fingerprint density at radius 3 is 2.38 bits per heavy atom. The third-order valence-electron chi connectivity index (χ3n) is 3.28. The van der Waals surface area contributed by atoms with Crippen molar-refractivity contribution < 1.29 is 4.79 Å². The molecule has 3 nitrogen and oxygen atoms in total. The van der Waals surface area contributed by atoms with Gasteiger partial charge in [-0.25, -0.2) is 0 Å². The van der Waals surface area contributed by atoms with Crippen molar-refractivity contribution in [1.82, 2.24) is 5.32 Å². The summed E-state index contributed by atoms with van der Waals surface area (Å²) in [5, 5.41) is 2.97. The molecule has 3 N–H and O–H groups in total. The lowest BCUT2D eigenvalue weighted by Gasteiger charge is -2.35. The average Bonchev–Trinajstić information content (AvgIpc) is 2.26. The third kappa shape index (κ3) is 2.94. The van der Waals surface area contributed by atoms with Crippen LogP contribution in [0, 0.1) is 11.3 Å². The second kappa shape index (κ2) is 5.62. The molecule has 0 spiro atoms. The van der Waals surface area contributed by atoms with Crippen LogP contribution in [0.3, 0.4) is 0 Å². The van der Waals surface area contributed by atoms with Crippen molar-refractivity contribution in [3.05, 3.63) is 0 Å². The van der Waals surface area contributed by atoms with Crippen LogP contribution in [-0.4, -0.2) is 17.4 Å². The van der Waals surface area contributed by atoms with E-state index in [1.54, 1.807) is 0 Å². The van der Waals surface area contributed by atoms with Crippen LogP contribution in [0.5, 0.6) is 0 Å². The third-order valence-corrected chi connectivity index (χ3v) is 3.68. The fourth-order valence-electron chi connectivity index (χ4n) is 2.21. The van der Waals surface area contributed by atoms with Gasteiger partial charge in [0.05, 0.1) is 10.4 Å². The van der Waals surface area contributed by atoms with Crippen LogP contribution in [0.2, 0.25) is 0 Å². The summed E-state index contributed by atoms with van der Waals surface area (Å²) in [5.41, 5.74) is 5.21. The van der Waals surface area contributed by atoms with Crippen molar-refractivity contribution in [2.24, 2.45) is 17.1 Å². The summed E-state index contributed by atoms with van der Waals surface area (Å²) in [5.74, 6) is 0.490. The van der Waals surface area contributed by atoms with Gasteiger partial charge in [0.2, 0.25) is 5.91 Å². The second-order valence-corrected chi connectivity index (χ2v) is 5.55. The molecule has 1 aliphatic rings. The molecule has 0 aromatic carbocycles. The van der Waals surface area contributed by atoms with Crippen molar-refractivity contribution in [2.75, 3.05) is 6.54 Å². The first-order chi connectivity index (χ1) is 7.49. The summed E-state index contributed by atoms with van der Waals surface area (Å²) in [4.78, 5) is 12.6. The Bertz CT molecular complexity index is 270. The first kappa shape index (κ1) is 13.4. The number of carbonyl (C=O) groups is 1. The van der Waals surface area contributed by atoms with Gasteiger partial charge in [0, 0.05) is 6.54 Å². The lowest BCUT2D eigenvalue weighted by atomic mass is 9.73. The fourth-order valence-corrected chi connectivity index (χ4v) is 2.50. The Hall–Kier alpha value is -0.640. The molecule has 0 saturated heterocycles. The molecule has 0 radical (unpaired) electrons. The molecule has 0 aliphatic heterocycles. The minimum atomic E-state index is -0.567. The molecule has 1 saturated carbocycles. The van der Waals surface area contributed by atoms with Gasteiger partial charge in [-0.3, -0.25) is 4.79 Å². The standard InChI is InChI=1S/C12H22N2OS/c1-9(2)8-14-11(15)12(10(13)16)6-4-3-5-7-12/h9H,3-8H2,1-2H3,(H2,13,16)(H,14,15). The van der Waals surface area contributed by atoms with Crippen molar-refractivity contribution >= 4 is 23.1 Å². The number of thiocarbonyl (C=S) groups is 1. The van der Waals surface area contributed by atoms with E-state index in [2.05, 4.69) is 19.2 Å². The molecule has 1 aliphatic carbocycles. The average molecular weight is 242 g/mol. The maximum atomic E-state index is 12.2. The summed E-state index contributed by atoms with van der Waals surface area (Å²) in [6, 6.07) is 0. The summed E-state index contributed by atoms with van der Waals surface area (Å²) in [6.07, 6.45) is 4.90. The highest BCUT2D eigenvalue weighted by molar-refractivity contribution is 7.80. The SMILES string of the molecule is CC(C)CNC(=O)C1(C(N)=S)CCCCC1. The van der Waals surface area contributed by atoms with Crippen molar-refractivity contribution in [1.29, 1.82) is 0 Å². The first-order valence-electron chi connectivity index (χ1n) is 6.07. The Morgan fingerprint density at radius 1 is 1.38 bits per heavy atom. The van der Waals surface area contributed by atoms with Gasteiger partial charge >= 0.3 is 0 Å². The van der Waals surface area contributed by atoms with E-state index in [1.807, 2.05) is 0 Å². The van der Waals surface area contributed by atoms with Crippen LogP contribution in [0.1, 0.15) is 46.0 Å². The van der Waals surface area contributed by atoms with Gasteiger partial charge in [-0.2, -0.15) is 0 Å². The number of carbonyl (C=O) groups excluding carboxylic acids is 1. The molecule has 0 atom stereocenters. The normalized spacial score (nSPS) is 19.4. The van der Waals surface area contributed by atoms with E-state index in [0.717, 1.165) is 25.7 Å². The Labute approximate surface area is 103 Å². The molecule has 1 fully saturated rings. The highest BCUT2D eigenvalue weighted by Gasteiger charge is 2.42. The van der Waals surface area contributed by atoms with E-state index >= 15 is 0 Å². The van der Waals surface area contributed by atoms with Gasteiger partial charge in [0.15, 0.2) is 0 Å². The lowest BCUT2D eigenvalue weighted by molar-refractivity contribution is -0.128. The van der Waals surface area contributed by atoms with E-state index in [1.165, 1.54) is 6.42 Å². The van der Waals surface area contributed by atoms with Crippen LogP contribution >= 0.6 is 12.2 Å². The van der Waals surface area contributed by atoms with Crippen LogP contribution in [-0.2, 0) is 4.79 Å². The van der Waals surface area contributed by atoms with E-state index < -0.39 is 5.41 Å². The van der Waals surface area contributed by atoms with Crippen molar-refractivity contribution in [3.63, 3.8) is 0 Å². The Balaban J connectivity index is 2.69. The molecule has 0 aromatic heterocycles. The summed E-state index contributed by atoms with van der Waals surface area (Å²) in [7, 11) is 0. The second-order valence-electron chi connectivity index (χ2n) is 5.11. The minimum Gasteiger partial charge on any atom is -0.392 e. The number of hydrogen-bond donors (Lipinski definition) is 2. The number of nitrogens with one attached hydrogen (secondary N) is 1. The monoisotopic (exact) mass is 242 g/mol. The summed E-state index contributed by atoms with van der Waals surface area (Å²) >= 11 is 5.10. The van der Waals surface area contributed by atoms with Crippen LogP contribution in [0.15, 0.2) is 0 Å². The molecule has 0 bridgehead atoms. The van der Waals surface area contributed by atoms with Crippen molar-refractivity contribution in [2.45, 2.75) is 46.0 Å². The van der Waals surface area contributed by atoms with Gasteiger partial charge in [0.25, 0.3) is 0 Å². The smallest absolute Gasteiger partial charge is 0.233 e. The highest BCUT2D eigenvalue weighted by Crippen LogP contribution is 2.36. The molecule has 1 rings (SSSR count). The molecule has 4 heteroatoms. The lowest BCUT2D eigenvalue weighted by Crippen LogP contribution is -2.50. The summed E-state index contributed by atoms with van der Waals surface area (Å²) < 4.78 is 0. The minimum absolute atomic E-state index is 0.0356. The zero-order valence-electron chi connectivity index (χ0n) is 10.2. The molecular weight excluding hydrogens is 220 g/mol. The summed E-state index contributed by atoms with van der Waals surface area (Å²) in [6.45, 7) is 4.85. The zero-order valence-corrected chi connectivity index (χ0v) is 11.0. The Morgan fingerprint density at radius 2 is 1.94 bits per heavy atom. The molecule has 0 heterocycles. The van der Waals surface area contributed by atoms with Gasteiger partial charge < -0.3 is 11.1 Å². The van der Waals surface area contributed by atoms with Crippen LogP contribution in [0.25, 0.3) is 0 Å². The molecule has 92 valence electrons. The van der Waals surface area contributed by atoms with E-state index in [9.17, 15) is 4.79 Å². The van der Waals surface area contributed by atoms with Gasteiger partial charge in [-0.1, -0.05) is 45.3 Å². The van der Waals surface area contributed by atoms with Gasteiger partial charge in [0.1, 0.15) is 0 Å². The maximum Gasteiger partial charge on any atom is 0.233 e. The van der Waals surface area contributed by atoms with Gasteiger partial charge in [-0.05, 0) is 18.8 Å². The first-order valence-corrected chi connectivity index (χ1v) is 6.48. The highest BCUT2D eigenvalue weighted by atomic mass is 32.1. The van der Waals surface area contributed by atoms with Crippen molar-refractivity contribution in [3.8, 4) is 0 Å². The maximum absolute atomic E-state index is 12.2. The Kier molecular flexibility index (Phi) is 4.71. The number of amides is 1. The quantitative estimate of drug-likeness (QED) is 0.741. The van der Waals surface area contributed by atoms with Gasteiger partial charge in [-0.15, -0.1) is 0 Å². The molecule has 0 aromatic rings. The van der Waals surface area contributed by atoms with E-state index in [-0.39, 0.29) is 5.91 Å². The predicted molar refractivity (Wildman–Crippen MR) is 70.2 cm³/mol. The number of rotatable bonds is 4. The molecule has 0 unspecified atom stereocenters. The molecular formula is C12H22N2OS. The fraction of sp³-hybridized carbons (Fsp3) is 0.833.